The van der Waals surface area contributed by atoms with Gasteiger partial charge in [-0.15, -0.1) is 0 Å². The predicted molar refractivity (Wildman–Crippen MR) is 63.2 cm³/mol. The van der Waals surface area contributed by atoms with Crippen molar-refractivity contribution in [3.63, 3.8) is 0 Å². The summed E-state index contributed by atoms with van der Waals surface area (Å²) in [5.41, 5.74) is 3.77. The molecule has 0 atom stereocenters. The minimum Gasteiger partial charge on any atom is -0.396 e. The molecule has 0 radical (unpaired) electrons. The Balaban J connectivity index is 2.58. The number of benzene rings is 1. The summed E-state index contributed by atoms with van der Waals surface area (Å²) in [7, 11) is 0. The van der Waals surface area contributed by atoms with Crippen molar-refractivity contribution < 1.29 is 5.11 Å². The van der Waals surface area contributed by atoms with Crippen molar-refractivity contribution in [1.82, 2.24) is 4.98 Å². The molecule has 1 heterocycles. The van der Waals surface area contributed by atoms with Crippen LogP contribution in [0.1, 0.15) is 30.9 Å². The van der Waals surface area contributed by atoms with E-state index < -0.39 is 0 Å². The van der Waals surface area contributed by atoms with Crippen molar-refractivity contribution >= 4 is 10.9 Å². The van der Waals surface area contributed by atoms with Crippen LogP contribution >= 0.6 is 0 Å². The summed E-state index contributed by atoms with van der Waals surface area (Å²) < 4.78 is 0. The summed E-state index contributed by atoms with van der Waals surface area (Å²) in [6.45, 7) is 4.60. The van der Waals surface area contributed by atoms with E-state index in [0.717, 1.165) is 6.42 Å². The summed E-state index contributed by atoms with van der Waals surface area (Å²) >= 11 is 0. The molecule has 0 saturated heterocycles. The number of hydrogen-bond acceptors (Lipinski definition) is 1. The molecular formula is C13H17NO. The first-order valence-electron chi connectivity index (χ1n) is 5.43. The summed E-state index contributed by atoms with van der Waals surface area (Å²) in [4.78, 5) is 3.31. The molecule has 2 N–H and O–H groups in total. The molecule has 15 heavy (non-hydrogen) atoms. The average Bonchev–Trinajstić information content (AvgIpc) is 2.62. The molecule has 1 aromatic heterocycles. The lowest BCUT2D eigenvalue weighted by molar-refractivity contribution is 0.300. The highest BCUT2D eigenvalue weighted by atomic mass is 16.2. The molecule has 0 unspecified atom stereocenters. The van der Waals surface area contributed by atoms with Crippen LogP contribution in [0.5, 0.6) is 0 Å². The van der Waals surface area contributed by atoms with Gasteiger partial charge in [0, 0.05) is 23.7 Å². The Morgan fingerprint density at radius 2 is 2.13 bits per heavy atom. The van der Waals surface area contributed by atoms with Crippen molar-refractivity contribution in [1.29, 1.82) is 0 Å². The molecule has 0 saturated carbocycles. The van der Waals surface area contributed by atoms with Crippen LogP contribution in [0, 0.1) is 0 Å². The van der Waals surface area contributed by atoms with Crippen LogP contribution in [0.4, 0.5) is 0 Å². The van der Waals surface area contributed by atoms with Gasteiger partial charge in [-0.05, 0) is 23.5 Å². The smallest absolute Gasteiger partial charge is 0.0491 e. The van der Waals surface area contributed by atoms with Crippen molar-refractivity contribution in [2.45, 2.75) is 26.2 Å². The van der Waals surface area contributed by atoms with E-state index >= 15 is 0 Å². The van der Waals surface area contributed by atoms with Crippen LogP contribution in [-0.2, 0) is 6.42 Å². The Labute approximate surface area is 89.9 Å². The lowest BCUT2D eigenvalue weighted by atomic mass is 9.99. The van der Waals surface area contributed by atoms with E-state index in [1.54, 1.807) is 0 Å². The van der Waals surface area contributed by atoms with Gasteiger partial charge in [-0.1, -0.05) is 32.0 Å². The predicted octanol–water partition coefficient (Wildman–Crippen LogP) is 2.83. The molecule has 80 valence electrons. The number of nitrogens with one attached hydrogen (secondary N) is 1. The van der Waals surface area contributed by atoms with E-state index in [0.29, 0.717) is 5.92 Å². The average molecular weight is 203 g/mol. The molecule has 2 rings (SSSR count). The molecule has 0 spiro atoms. The summed E-state index contributed by atoms with van der Waals surface area (Å²) in [5.74, 6) is 0.523. The second-order valence-electron chi connectivity index (χ2n) is 4.21. The van der Waals surface area contributed by atoms with E-state index in [2.05, 4.69) is 37.0 Å². The summed E-state index contributed by atoms with van der Waals surface area (Å²) in [6, 6.07) is 6.36. The number of H-pyrrole nitrogens is 1. The van der Waals surface area contributed by atoms with Gasteiger partial charge in [0.25, 0.3) is 0 Å². The number of para-hydroxylation sites is 1. The Morgan fingerprint density at radius 3 is 2.80 bits per heavy atom. The van der Waals surface area contributed by atoms with Crippen LogP contribution in [-0.4, -0.2) is 16.7 Å². The third-order valence-corrected chi connectivity index (χ3v) is 2.84. The number of aliphatic hydroxyl groups excluding tert-OH is 1. The molecule has 1 aromatic carbocycles. The van der Waals surface area contributed by atoms with Crippen molar-refractivity contribution in [3.05, 3.63) is 35.5 Å². The fourth-order valence-corrected chi connectivity index (χ4v) is 2.04. The molecule has 2 heteroatoms. The van der Waals surface area contributed by atoms with Crippen LogP contribution in [0.25, 0.3) is 10.9 Å². The number of aliphatic hydroxyl groups is 1. The molecule has 0 aliphatic rings. The minimum atomic E-state index is 0.207. The zero-order chi connectivity index (χ0) is 10.8. The molecule has 2 aromatic rings. The highest BCUT2D eigenvalue weighted by Crippen LogP contribution is 2.26. The van der Waals surface area contributed by atoms with Gasteiger partial charge in [0.05, 0.1) is 0 Å². The molecule has 2 nitrogen and oxygen atoms in total. The van der Waals surface area contributed by atoms with Crippen LogP contribution in [0.15, 0.2) is 24.4 Å². The second-order valence-corrected chi connectivity index (χ2v) is 4.21. The van der Waals surface area contributed by atoms with Gasteiger partial charge < -0.3 is 10.1 Å². The molecule has 0 amide bonds. The quantitative estimate of drug-likeness (QED) is 0.790. The van der Waals surface area contributed by atoms with Gasteiger partial charge in [-0.25, -0.2) is 0 Å². The lowest BCUT2D eigenvalue weighted by Crippen LogP contribution is -1.90. The summed E-state index contributed by atoms with van der Waals surface area (Å²) in [5, 5.41) is 10.2. The Bertz CT molecular complexity index is 457. The van der Waals surface area contributed by atoms with Gasteiger partial charge >= 0.3 is 0 Å². The van der Waals surface area contributed by atoms with Crippen LogP contribution in [0.3, 0.4) is 0 Å². The van der Waals surface area contributed by atoms with E-state index in [9.17, 15) is 0 Å². The SMILES string of the molecule is CC(C)c1cccc2c(CCO)c[nH]c12. The number of aromatic amines is 1. The highest BCUT2D eigenvalue weighted by Gasteiger charge is 2.08. The zero-order valence-electron chi connectivity index (χ0n) is 9.25. The largest absolute Gasteiger partial charge is 0.396 e. The van der Waals surface area contributed by atoms with Crippen molar-refractivity contribution in [2.75, 3.05) is 6.61 Å². The zero-order valence-corrected chi connectivity index (χ0v) is 9.25. The number of fused-ring (bicyclic) bond motifs is 1. The first kappa shape index (κ1) is 10.2. The van der Waals surface area contributed by atoms with Gasteiger partial charge in [0.1, 0.15) is 0 Å². The fourth-order valence-electron chi connectivity index (χ4n) is 2.04. The van der Waals surface area contributed by atoms with E-state index in [1.807, 2.05) is 6.20 Å². The van der Waals surface area contributed by atoms with Crippen LogP contribution in [0.2, 0.25) is 0 Å². The van der Waals surface area contributed by atoms with Gasteiger partial charge in [-0.2, -0.15) is 0 Å². The molecule has 0 aliphatic heterocycles. The van der Waals surface area contributed by atoms with Gasteiger partial charge in [-0.3, -0.25) is 0 Å². The monoisotopic (exact) mass is 203 g/mol. The standard InChI is InChI=1S/C13H17NO/c1-9(2)11-4-3-5-12-10(6-7-15)8-14-13(11)12/h3-5,8-9,14-15H,6-7H2,1-2H3. The third kappa shape index (κ3) is 1.77. The Hall–Kier alpha value is -1.28. The Morgan fingerprint density at radius 1 is 1.33 bits per heavy atom. The third-order valence-electron chi connectivity index (χ3n) is 2.84. The maximum atomic E-state index is 8.96. The fraction of sp³-hybridized carbons (Fsp3) is 0.385. The number of aromatic nitrogens is 1. The van der Waals surface area contributed by atoms with E-state index in [1.165, 1.54) is 22.0 Å². The molecular weight excluding hydrogens is 186 g/mol. The number of hydrogen-bond donors (Lipinski definition) is 2. The van der Waals surface area contributed by atoms with Crippen LogP contribution < -0.4 is 0 Å². The van der Waals surface area contributed by atoms with Crippen molar-refractivity contribution in [3.8, 4) is 0 Å². The van der Waals surface area contributed by atoms with Crippen molar-refractivity contribution in [2.24, 2.45) is 0 Å². The summed E-state index contributed by atoms with van der Waals surface area (Å²) in [6.07, 6.45) is 2.73. The molecule has 0 aliphatic carbocycles. The van der Waals surface area contributed by atoms with Gasteiger partial charge in [0.2, 0.25) is 0 Å². The van der Waals surface area contributed by atoms with Gasteiger partial charge in [0.15, 0.2) is 0 Å². The highest BCUT2D eigenvalue weighted by molar-refractivity contribution is 5.86. The normalized spacial score (nSPS) is 11.5. The topological polar surface area (TPSA) is 36.0 Å². The molecule has 0 bridgehead atoms. The van der Waals surface area contributed by atoms with E-state index in [-0.39, 0.29) is 6.61 Å². The second kappa shape index (κ2) is 4.07. The minimum absolute atomic E-state index is 0.207. The van der Waals surface area contributed by atoms with E-state index in [4.69, 9.17) is 5.11 Å². The maximum absolute atomic E-state index is 8.96. The lowest BCUT2D eigenvalue weighted by Gasteiger charge is -2.06. The first-order valence-corrected chi connectivity index (χ1v) is 5.43. The molecule has 0 fully saturated rings. The first-order chi connectivity index (χ1) is 7.24. The Kier molecular flexibility index (Phi) is 2.78. The number of rotatable bonds is 3. The maximum Gasteiger partial charge on any atom is 0.0491 e.